The summed E-state index contributed by atoms with van der Waals surface area (Å²) in [5.41, 5.74) is 1.81. The number of ether oxygens (including phenoxy) is 2. The Labute approximate surface area is 148 Å². The topological polar surface area (TPSA) is 88.7 Å². The summed E-state index contributed by atoms with van der Waals surface area (Å²) >= 11 is 0. The Hall–Kier alpha value is -2.12. The lowest BCUT2D eigenvalue weighted by molar-refractivity contribution is -0.120. The Morgan fingerprint density at radius 3 is 2.92 bits per heavy atom. The van der Waals surface area contributed by atoms with Crippen molar-refractivity contribution in [2.45, 2.75) is 44.9 Å². The lowest BCUT2D eigenvalue weighted by atomic mass is 10.1. The van der Waals surface area contributed by atoms with Crippen LogP contribution in [0.2, 0.25) is 0 Å². The van der Waals surface area contributed by atoms with E-state index >= 15 is 0 Å². The molecule has 3 N–H and O–H groups in total. The number of benzene rings is 1. The average Bonchev–Trinajstić information content (AvgIpc) is 2.62. The molecular formula is C18H27N3O4. The Morgan fingerprint density at radius 2 is 2.20 bits per heavy atom. The standard InChI is InChI=1S/C18H27N3O4/c1-13(17(22)21-18(23)19-2)20-15-7-5-6-14(10-15)11-24-12-16-8-3-4-9-25-16/h5-7,10,13,16,20H,3-4,8-9,11-12H2,1-2H3,(H2,19,21,22,23)/t13-,16-/m1/s1. The van der Waals surface area contributed by atoms with Gasteiger partial charge in [-0.15, -0.1) is 0 Å². The Bertz CT molecular complexity index is 573. The average molecular weight is 349 g/mol. The third-order valence-electron chi connectivity index (χ3n) is 4.01. The van der Waals surface area contributed by atoms with Crippen molar-refractivity contribution >= 4 is 17.6 Å². The number of rotatable bonds is 7. The summed E-state index contributed by atoms with van der Waals surface area (Å²) in [6.45, 7) is 3.61. The molecule has 1 saturated heterocycles. The minimum Gasteiger partial charge on any atom is -0.376 e. The zero-order valence-electron chi connectivity index (χ0n) is 14.8. The van der Waals surface area contributed by atoms with Gasteiger partial charge in [0, 0.05) is 19.3 Å². The van der Waals surface area contributed by atoms with E-state index in [0.29, 0.717) is 13.2 Å². The molecular weight excluding hydrogens is 322 g/mol. The van der Waals surface area contributed by atoms with Gasteiger partial charge in [0.1, 0.15) is 6.04 Å². The molecule has 2 atom stereocenters. The van der Waals surface area contributed by atoms with Crippen molar-refractivity contribution in [1.82, 2.24) is 10.6 Å². The first-order valence-corrected chi connectivity index (χ1v) is 8.66. The van der Waals surface area contributed by atoms with Gasteiger partial charge in [0.25, 0.3) is 0 Å². The summed E-state index contributed by atoms with van der Waals surface area (Å²) < 4.78 is 11.4. The van der Waals surface area contributed by atoms with Crippen molar-refractivity contribution in [2.24, 2.45) is 0 Å². The minimum atomic E-state index is -0.538. The maximum absolute atomic E-state index is 11.9. The van der Waals surface area contributed by atoms with Crippen molar-refractivity contribution in [3.63, 3.8) is 0 Å². The highest BCUT2D eigenvalue weighted by molar-refractivity contribution is 5.97. The van der Waals surface area contributed by atoms with Gasteiger partial charge in [-0.1, -0.05) is 12.1 Å². The first-order valence-electron chi connectivity index (χ1n) is 8.66. The maximum Gasteiger partial charge on any atom is 0.321 e. The number of hydrogen-bond acceptors (Lipinski definition) is 5. The number of carbonyl (C=O) groups excluding carboxylic acids is 2. The van der Waals surface area contributed by atoms with E-state index in [2.05, 4.69) is 16.0 Å². The Kier molecular flexibility index (Phi) is 7.69. The molecule has 1 aromatic rings. The molecule has 1 fully saturated rings. The Morgan fingerprint density at radius 1 is 1.36 bits per heavy atom. The SMILES string of the molecule is CNC(=O)NC(=O)[C@@H](C)Nc1cccc(COC[C@H]2CCCCO2)c1. The molecule has 0 aliphatic carbocycles. The lowest BCUT2D eigenvalue weighted by Crippen LogP contribution is -2.44. The third-order valence-corrected chi connectivity index (χ3v) is 4.01. The first-order chi connectivity index (χ1) is 12.1. The smallest absolute Gasteiger partial charge is 0.321 e. The molecule has 0 aromatic heterocycles. The van der Waals surface area contributed by atoms with Crippen LogP contribution in [-0.2, 0) is 20.9 Å². The van der Waals surface area contributed by atoms with E-state index in [1.165, 1.54) is 13.5 Å². The van der Waals surface area contributed by atoms with Crippen molar-refractivity contribution in [1.29, 1.82) is 0 Å². The van der Waals surface area contributed by atoms with Gasteiger partial charge < -0.3 is 20.1 Å². The highest BCUT2D eigenvalue weighted by atomic mass is 16.5. The molecule has 25 heavy (non-hydrogen) atoms. The van der Waals surface area contributed by atoms with Crippen LogP contribution in [0.3, 0.4) is 0 Å². The van der Waals surface area contributed by atoms with E-state index in [1.807, 2.05) is 24.3 Å². The predicted octanol–water partition coefficient (Wildman–Crippen LogP) is 2.03. The fourth-order valence-corrected chi connectivity index (χ4v) is 2.60. The second kappa shape index (κ2) is 10.0. The highest BCUT2D eigenvalue weighted by Gasteiger charge is 2.15. The summed E-state index contributed by atoms with van der Waals surface area (Å²) in [5.74, 6) is -0.393. The minimum absolute atomic E-state index is 0.198. The Balaban J connectivity index is 1.79. The van der Waals surface area contributed by atoms with Gasteiger partial charge >= 0.3 is 6.03 Å². The molecule has 2 rings (SSSR count). The quantitative estimate of drug-likeness (QED) is 0.701. The van der Waals surface area contributed by atoms with Crippen LogP contribution in [0.15, 0.2) is 24.3 Å². The van der Waals surface area contributed by atoms with E-state index < -0.39 is 18.0 Å². The second-order valence-electron chi connectivity index (χ2n) is 6.14. The molecule has 0 saturated carbocycles. The summed E-state index contributed by atoms with van der Waals surface area (Å²) in [6.07, 6.45) is 3.59. The van der Waals surface area contributed by atoms with Crippen molar-refractivity contribution in [3.8, 4) is 0 Å². The zero-order valence-corrected chi connectivity index (χ0v) is 14.8. The molecule has 1 heterocycles. The van der Waals surface area contributed by atoms with Gasteiger partial charge in [-0.2, -0.15) is 0 Å². The summed E-state index contributed by atoms with van der Waals surface area (Å²) in [7, 11) is 1.46. The molecule has 1 aliphatic heterocycles. The fourth-order valence-electron chi connectivity index (χ4n) is 2.60. The second-order valence-corrected chi connectivity index (χ2v) is 6.14. The number of nitrogens with one attached hydrogen (secondary N) is 3. The van der Waals surface area contributed by atoms with Gasteiger partial charge in [-0.3, -0.25) is 10.1 Å². The van der Waals surface area contributed by atoms with Gasteiger partial charge in [0.05, 0.1) is 19.3 Å². The van der Waals surface area contributed by atoms with Gasteiger partial charge in [-0.25, -0.2) is 4.79 Å². The number of anilines is 1. The third kappa shape index (κ3) is 6.72. The maximum atomic E-state index is 11.9. The van der Waals surface area contributed by atoms with Crippen molar-refractivity contribution in [2.75, 3.05) is 25.6 Å². The molecule has 7 heteroatoms. The van der Waals surface area contributed by atoms with Crippen LogP contribution in [0.1, 0.15) is 31.7 Å². The number of amides is 3. The van der Waals surface area contributed by atoms with Crippen LogP contribution in [0.25, 0.3) is 0 Å². The molecule has 0 radical (unpaired) electrons. The summed E-state index contributed by atoms with van der Waals surface area (Å²) in [4.78, 5) is 23.1. The van der Waals surface area contributed by atoms with Crippen LogP contribution in [0.4, 0.5) is 10.5 Å². The monoisotopic (exact) mass is 349 g/mol. The number of imide groups is 1. The zero-order chi connectivity index (χ0) is 18.1. The molecule has 1 aliphatic rings. The molecule has 1 aromatic carbocycles. The molecule has 7 nitrogen and oxygen atoms in total. The summed E-state index contributed by atoms with van der Waals surface area (Å²) in [6, 6.07) is 6.63. The molecule has 138 valence electrons. The lowest BCUT2D eigenvalue weighted by Gasteiger charge is -2.22. The van der Waals surface area contributed by atoms with Gasteiger partial charge in [0.2, 0.25) is 5.91 Å². The molecule has 0 bridgehead atoms. The van der Waals surface area contributed by atoms with E-state index in [9.17, 15) is 9.59 Å². The molecule has 3 amide bonds. The molecule has 0 spiro atoms. The number of hydrogen-bond donors (Lipinski definition) is 3. The normalized spacial score (nSPS) is 18.2. The molecule has 0 unspecified atom stereocenters. The number of urea groups is 1. The fraction of sp³-hybridized carbons (Fsp3) is 0.556. The van der Waals surface area contributed by atoms with Gasteiger partial charge in [0.15, 0.2) is 0 Å². The van der Waals surface area contributed by atoms with Crippen LogP contribution >= 0.6 is 0 Å². The van der Waals surface area contributed by atoms with Crippen molar-refractivity contribution in [3.05, 3.63) is 29.8 Å². The van der Waals surface area contributed by atoms with E-state index in [-0.39, 0.29) is 6.10 Å². The van der Waals surface area contributed by atoms with Gasteiger partial charge in [-0.05, 0) is 43.9 Å². The van der Waals surface area contributed by atoms with Crippen LogP contribution in [-0.4, -0.2) is 44.3 Å². The number of carbonyl (C=O) groups is 2. The highest BCUT2D eigenvalue weighted by Crippen LogP contribution is 2.15. The van der Waals surface area contributed by atoms with Crippen molar-refractivity contribution < 1.29 is 19.1 Å². The van der Waals surface area contributed by atoms with Crippen LogP contribution < -0.4 is 16.0 Å². The largest absolute Gasteiger partial charge is 0.376 e. The first kappa shape index (κ1) is 19.2. The van der Waals surface area contributed by atoms with E-state index in [4.69, 9.17) is 9.47 Å². The van der Waals surface area contributed by atoms with E-state index in [0.717, 1.165) is 30.7 Å². The van der Waals surface area contributed by atoms with Crippen LogP contribution in [0.5, 0.6) is 0 Å². The van der Waals surface area contributed by atoms with Crippen LogP contribution in [0, 0.1) is 0 Å². The van der Waals surface area contributed by atoms with E-state index in [1.54, 1.807) is 6.92 Å². The summed E-state index contributed by atoms with van der Waals surface area (Å²) in [5, 5.41) is 7.67. The predicted molar refractivity (Wildman–Crippen MR) is 95.4 cm³/mol.